The molecule has 9 heteroatoms. The number of fused-ring (bicyclic) bond motifs is 2. The second-order valence-corrected chi connectivity index (χ2v) is 11.8. The number of rotatable bonds is 10. The third kappa shape index (κ3) is 5.66. The van der Waals surface area contributed by atoms with Crippen LogP contribution in [0.3, 0.4) is 0 Å². The predicted octanol–water partition coefficient (Wildman–Crippen LogP) is 4.71. The molecule has 6 rings (SSSR count). The first-order valence-corrected chi connectivity index (χ1v) is 14.8. The molecule has 0 radical (unpaired) electrons. The van der Waals surface area contributed by atoms with E-state index < -0.39 is 47.2 Å². The number of carbonyl (C=O) groups is 1. The number of hydrogen-bond donors (Lipinski definition) is 1. The molecule has 4 aromatic rings. The van der Waals surface area contributed by atoms with Gasteiger partial charge in [0.1, 0.15) is 18.4 Å². The van der Waals surface area contributed by atoms with E-state index >= 15 is 0 Å². The van der Waals surface area contributed by atoms with Crippen LogP contribution in [0.5, 0.6) is 0 Å². The zero-order chi connectivity index (χ0) is 30.8. The van der Waals surface area contributed by atoms with Crippen LogP contribution in [0.4, 0.5) is 0 Å². The lowest BCUT2D eigenvalue weighted by molar-refractivity contribution is -0.217. The molecule has 0 spiro atoms. The number of carbonyl (C=O) groups excluding carboxylic acids is 1. The van der Waals surface area contributed by atoms with E-state index in [1.165, 1.54) is 10.8 Å². The molecule has 0 amide bonds. The van der Waals surface area contributed by atoms with Gasteiger partial charge in [0.25, 0.3) is 5.56 Å². The van der Waals surface area contributed by atoms with Gasteiger partial charge < -0.3 is 18.9 Å². The van der Waals surface area contributed by atoms with Gasteiger partial charge in [0, 0.05) is 23.6 Å². The average Bonchev–Trinajstić information content (AvgIpc) is 3.45. The standard InChI is InChI=1S/C35H36N2O7/c1-22-14-16-27(17-15-22)33(39)43-29-24(3)28-30(42-20-26-12-8-5-9-13-26)35(29,21-41-19-25-10-6-4-7-11-25)44-32(28)37-18-23(2)31(38)36-34(37)40/h4-18,24,28-30,32H,19-21H2,1-3H3,(H,36,38,40)/t24-,28-,29-,30-,32+,35+/m0/s1. The molecule has 1 aromatic heterocycles. The SMILES string of the molecule is Cc1ccc(C(=O)O[C@H]2[C@@H](C)[C@@H]3[C@H](n4cc(C)c(=O)[nH]c4=O)O[C@@]2(COCc2ccccc2)[C@H]3OCc2ccccc2)cc1. The Labute approximate surface area is 255 Å². The van der Waals surface area contributed by atoms with Crippen molar-refractivity contribution in [3.8, 4) is 0 Å². The van der Waals surface area contributed by atoms with Crippen molar-refractivity contribution in [3.63, 3.8) is 0 Å². The summed E-state index contributed by atoms with van der Waals surface area (Å²) in [6.07, 6.45) is -0.620. The maximum atomic E-state index is 13.5. The highest BCUT2D eigenvalue weighted by Gasteiger charge is 2.71. The summed E-state index contributed by atoms with van der Waals surface area (Å²) < 4.78 is 27.4. The minimum absolute atomic E-state index is 0.0433. The number of esters is 1. The largest absolute Gasteiger partial charge is 0.455 e. The van der Waals surface area contributed by atoms with Gasteiger partial charge in [-0.25, -0.2) is 9.59 Å². The third-order valence-electron chi connectivity index (χ3n) is 8.72. The van der Waals surface area contributed by atoms with E-state index in [0.29, 0.717) is 17.7 Å². The van der Waals surface area contributed by atoms with E-state index in [0.717, 1.165) is 16.7 Å². The number of nitrogens with one attached hydrogen (secondary N) is 1. The Bertz CT molecular complexity index is 1720. The van der Waals surface area contributed by atoms with Gasteiger partial charge >= 0.3 is 11.7 Å². The molecule has 2 fully saturated rings. The second kappa shape index (κ2) is 12.4. The van der Waals surface area contributed by atoms with Crippen LogP contribution in [-0.4, -0.2) is 39.9 Å². The van der Waals surface area contributed by atoms with Crippen LogP contribution in [0.1, 0.15) is 45.8 Å². The first-order chi connectivity index (χ1) is 21.3. The lowest BCUT2D eigenvalue weighted by Crippen LogP contribution is -2.55. The maximum absolute atomic E-state index is 13.5. The summed E-state index contributed by atoms with van der Waals surface area (Å²) in [5.41, 5.74) is 1.49. The summed E-state index contributed by atoms with van der Waals surface area (Å²) >= 11 is 0. The van der Waals surface area contributed by atoms with E-state index in [9.17, 15) is 14.4 Å². The Morgan fingerprint density at radius 3 is 2.18 bits per heavy atom. The number of aromatic nitrogens is 2. The van der Waals surface area contributed by atoms with Gasteiger partial charge in [-0.3, -0.25) is 14.3 Å². The molecule has 1 aliphatic heterocycles. The third-order valence-corrected chi connectivity index (χ3v) is 8.72. The first kappa shape index (κ1) is 29.7. The number of benzene rings is 3. The molecule has 1 N–H and O–H groups in total. The van der Waals surface area contributed by atoms with E-state index in [1.54, 1.807) is 19.1 Å². The fourth-order valence-electron chi connectivity index (χ4n) is 6.47. The van der Waals surface area contributed by atoms with Gasteiger partial charge in [0.15, 0.2) is 5.60 Å². The molecule has 228 valence electrons. The number of aromatic amines is 1. The van der Waals surface area contributed by atoms with Crippen molar-refractivity contribution in [1.29, 1.82) is 0 Å². The highest BCUT2D eigenvalue weighted by molar-refractivity contribution is 5.89. The van der Waals surface area contributed by atoms with Crippen LogP contribution in [0.2, 0.25) is 0 Å². The van der Waals surface area contributed by atoms with Gasteiger partial charge in [0.2, 0.25) is 0 Å². The highest BCUT2D eigenvalue weighted by atomic mass is 16.6. The summed E-state index contributed by atoms with van der Waals surface area (Å²) in [5, 5.41) is 0. The highest BCUT2D eigenvalue weighted by Crippen LogP contribution is 2.58. The molecule has 3 aromatic carbocycles. The Morgan fingerprint density at radius 2 is 1.52 bits per heavy atom. The first-order valence-electron chi connectivity index (χ1n) is 14.8. The van der Waals surface area contributed by atoms with Gasteiger partial charge in [-0.1, -0.05) is 85.3 Å². The van der Waals surface area contributed by atoms with Crippen molar-refractivity contribution >= 4 is 5.97 Å². The molecule has 1 aliphatic carbocycles. The molecule has 1 saturated heterocycles. The van der Waals surface area contributed by atoms with Crippen LogP contribution in [0.25, 0.3) is 0 Å². The van der Waals surface area contributed by atoms with Gasteiger partial charge in [-0.2, -0.15) is 0 Å². The van der Waals surface area contributed by atoms with Crippen LogP contribution >= 0.6 is 0 Å². The van der Waals surface area contributed by atoms with Crippen LogP contribution in [0, 0.1) is 25.7 Å². The maximum Gasteiger partial charge on any atom is 0.338 e. The summed E-state index contributed by atoms with van der Waals surface area (Å²) in [6.45, 7) is 6.20. The van der Waals surface area contributed by atoms with E-state index in [4.69, 9.17) is 18.9 Å². The molecule has 0 unspecified atom stereocenters. The molecule has 9 nitrogen and oxygen atoms in total. The monoisotopic (exact) mass is 596 g/mol. The summed E-state index contributed by atoms with van der Waals surface area (Å²) in [6, 6.07) is 26.7. The number of ether oxygens (including phenoxy) is 4. The quantitative estimate of drug-likeness (QED) is 0.264. The zero-order valence-electron chi connectivity index (χ0n) is 25.0. The van der Waals surface area contributed by atoms with Gasteiger partial charge in [-0.05, 0) is 37.1 Å². The summed E-state index contributed by atoms with van der Waals surface area (Å²) in [4.78, 5) is 41.2. The van der Waals surface area contributed by atoms with Crippen molar-refractivity contribution in [3.05, 3.63) is 140 Å². The van der Waals surface area contributed by atoms with Gasteiger partial charge in [0.05, 0.1) is 25.4 Å². The Balaban J connectivity index is 1.39. The lowest BCUT2D eigenvalue weighted by atomic mass is 9.92. The minimum atomic E-state index is -1.25. The summed E-state index contributed by atoms with van der Waals surface area (Å²) in [7, 11) is 0. The summed E-state index contributed by atoms with van der Waals surface area (Å²) in [5.74, 6) is -1.17. The van der Waals surface area contributed by atoms with E-state index in [2.05, 4.69) is 4.98 Å². The Morgan fingerprint density at radius 1 is 0.886 bits per heavy atom. The van der Waals surface area contributed by atoms with Crippen molar-refractivity contribution < 1.29 is 23.7 Å². The molecule has 2 bridgehead atoms. The van der Waals surface area contributed by atoms with Crippen LogP contribution < -0.4 is 11.2 Å². The van der Waals surface area contributed by atoms with Crippen molar-refractivity contribution in [2.45, 2.75) is 58.0 Å². The number of H-pyrrole nitrogens is 1. The van der Waals surface area contributed by atoms with Crippen LogP contribution in [-0.2, 0) is 32.2 Å². The fraction of sp³-hybridized carbons (Fsp3) is 0.343. The van der Waals surface area contributed by atoms with E-state index in [-0.39, 0.29) is 19.1 Å². The minimum Gasteiger partial charge on any atom is -0.455 e. The van der Waals surface area contributed by atoms with Crippen molar-refractivity contribution in [1.82, 2.24) is 9.55 Å². The normalized spacial score (nSPS) is 25.7. The topological polar surface area (TPSA) is 109 Å². The molecule has 2 heterocycles. The van der Waals surface area contributed by atoms with Gasteiger partial charge in [-0.15, -0.1) is 0 Å². The van der Waals surface area contributed by atoms with Crippen molar-refractivity contribution in [2.75, 3.05) is 6.61 Å². The van der Waals surface area contributed by atoms with Crippen LogP contribution in [0.15, 0.2) is 101 Å². The number of hydrogen-bond acceptors (Lipinski definition) is 7. The number of nitrogens with zero attached hydrogens (tertiary/aromatic N) is 1. The second-order valence-electron chi connectivity index (χ2n) is 11.8. The van der Waals surface area contributed by atoms with E-state index in [1.807, 2.05) is 86.6 Å². The Hall–Kier alpha value is -4.31. The zero-order valence-corrected chi connectivity index (χ0v) is 25.0. The average molecular weight is 597 g/mol. The molecule has 1 saturated carbocycles. The number of aryl methyl sites for hydroxylation is 2. The van der Waals surface area contributed by atoms with Crippen molar-refractivity contribution in [2.24, 2.45) is 11.8 Å². The smallest absolute Gasteiger partial charge is 0.338 e. The lowest BCUT2D eigenvalue weighted by Gasteiger charge is -2.40. The molecular weight excluding hydrogens is 560 g/mol. The fourth-order valence-corrected chi connectivity index (χ4v) is 6.47. The Kier molecular flexibility index (Phi) is 8.35. The molecular formula is C35H36N2O7. The molecule has 2 aliphatic rings. The molecule has 44 heavy (non-hydrogen) atoms. The molecule has 6 atom stereocenters. The predicted molar refractivity (Wildman–Crippen MR) is 163 cm³/mol.